The van der Waals surface area contributed by atoms with Crippen molar-refractivity contribution >= 4 is 5.91 Å². The number of aliphatic hydroxyl groups excluding tert-OH is 11. The zero-order valence-electron chi connectivity index (χ0n) is 45.5. The average molecular weight is 1090 g/mol. The lowest BCUT2D eigenvalue weighted by Crippen LogP contribution is -2.66. The Hall–Kier alpha value is -2.51. The first-order valence-electron chi connectivity index (χ1n) is 28.5. The minimum absolute atomic E-state index is 0.241. The van der Waals surface area contributed by atoms with Crippen LogP contribution in [0.5, 0.6) is 0 Å². The minimum Gasteiger partial charge on any atom is -0.394 e. The van der Waals surface area contributed by atoms with Crippen LogP contribution in [-0.4, -0.2) is 193 Å². The third-order valence-corrected chi connectivity index (χ3v) is 14.1. The molecule has 0 saturated carbocycles. The van der Waals surface area contributed by atoms with Crippen LogP contribution in [0, 0.1) is 0 Å². The molecule has 0 aromatic rings. The van der Waals surface area contributed by atoms with E-state index in [1.807, 2.05) is 0 Å². The fourth-order valence-corrected chi connectivity index (χ4v) is 9.40. The number of ether oxygens (including phenoxy) is 6. The number of unbranched alkanes of at least 4 members (excludes halogenated alkanes) is 14. The summed E-state index contributed by atoms with van der Waals surface area (Å²) in [6, 6.07) is -0.898. The molecule has 3 aliphatic heterocycles. The van der Waals surface area contributed by atoms with E-state index in [-0.39, 0.29) is 18.9 Å². The number of allylic oxidation sites excluding steroid dienone is 10. The van der Waals surface area contributed by atoms with Gasteiger partial charge in [-0.05, 0) is 57.8 Å². The molecule has 3 heterocycles. The molecule has 3 rings (SSSR count). The van der Waals surface area contributed by atoms with Gasteiger partial charge in [0.25, 0.3) is 0 Å². The molecular formula is C57H99NO18. The second-order valence-electron chi connectivity index (χ2n) is 20.4. The van der Waals surface area contributed by atoms with E-state index in [0.29, 0.717) is 12.8 Å². The SMILES string of the molecule is CC/C=C\C/C=C\C/C=C\C/C=C\C/C=C\CCCCCCCC(=O)NC(COC1OC(CO)C(OC2OC(CO)C(OC3OC(CO)C(O)C(O)C3O)C(O)C2O)C(O)C1O)C(O)CCCCCCCCCCCC. The van der Waals surface area contributed by atoms with Crippen LogP contribution in [0.4, 0.5) is 0 Å². The van der Waals surface area contributed by atoms with Crippen molar-refractivity contribution in [3.8, 4) is 0 Å². The number of amides is 1. The molecule has 0 bridgehead atoms. The van der Waals surface area contributed by atoms with Gasteiger partial charge in [0.15, 0.2) is 18.9 Å². The standard InChI is InChI=1S/C57H99NO18/c1-3-5-7-9-11-13-15-16-17-18-19-20-21-22-23-24-25-27-29-31-33-35-45(63)58-40(41(62)34-32-30-28-26-14-12-10-8-6-4-2)39-71-55-51(69)48(66)53(43(37-60)73-55)76-57-52(70)49(67)54(44(38-61)74-57)75-56-50(68)47(65)46(64)42(36-59)72-56/h5,7,11,13,16-17,19-20,22-23,40-44,46-57,59-62,64-70H,3-4,6,8-10,12,14-15,18,21,24-39H2,1-2H3,(H,58,63)/b7-5-,13-11-,17-16-,20-19-,23-22-. The summed E-state index contributed by atoms with van der Waals surface area (Å²) in [6.45, 7) is 1.61. The van der Waals surface area contributed by atoms with Gasteiger partial charge in [-0.25, -0.2) is 0 Å². The monoisotopic (exact) mass is 1090 g/mol. The van der Waals surface area contributed by atoms with Crippen molar-refractivity contribution in [1.82, 2.24) is 5.32 Å². The highest BCUT2D eigenvalue weighted by Crippen LogP contribution is 2.33. The average Bonchev–Trinajstić information content (AvgIpc) is 3.42. The zero-order valence-corrected chi connectivity index (χ0v) is 45.5. The van der Waals surface area contributed by atoms with Crippen molar-refractivity contribution in [3.05, 3.63) is 60.8 Å². The number of nitrogens with one attached hydrogen (secondary N) is 1. The number of hydrogen-bond acceptors (Lipinski definition) is 18. The maximum Gasteiger partial charge on any atom is 0.220 e. The molecule has 12 N–H and O–H groups in total. The van der Waals surface area contributed by atoms with Crippen molar-refractivity contribution in [2.24, 2.45) is 0 Å². The lowest BCUT2D eigenvalue weighted by atomic mass is 9.96. The van der Waals surface area contributed by atoms with Gasteiger partial charge >= 0.3 is 0 Å². The molecule has 0 aromatic heterocycles. The van der Waals surface area contributed by atoms with Crippen LogP contribution in [0.15, 0.2) is 60.8 Å². The predicted octanol–water partition coefficient (Wildman–Crippen LogP) is 4.09. The van der Waals surface area contributed by atoms with Crippen LogP contribution < -0.4 is 5.32 Å². The van der Waals surface area contributed by atoms with Gasteiger partial charge in [-0.15, -0.1) is 0 Å². The van der Waals surface area contributed by atoms with Crippen molar-refractivity contribution in [1.29, 1.82) is 0 Å². The minimum atomic E-state index is -1.98. The van der Waals surface area contributed by atoms with Gasteiger partial charge in [-0.3, -0.25) is 4.79 Å². The number of hydrogen-bond donors (Lipinski definition) is 12. The van der Waals surface area contributed by atoms with E-state index in [4.69, 9.17) is 28.4 Å². The van der Waals surface area contributed by atoms with Gasteiger partial charge in [0, 0.05) is 6.42 Å². The molecule has 3 saturated heterocycles. The normalized spacial score (nSPS) is 31.4. The molecule has 3 fully saturated rings. The van der Waals surface area contributed by atoms with E-state index in [1.54, 1.807) is 0 Å². The summed E-state index contributed by atoms with van der Waals surface area (Å²) >= 11 is 0. The summed E-state index contributed by atoms with van der Waals surface area (Å²) < 4.78 is 34.2. The fraction of sp³-hybridized carbons (Fsp3) is 0.807. The van der Waals surface area contributed by atoms with E-state index in [9.17, 15) is 61.0 Å². The third-order valence-electron chi connectivity index (χ3n) is 14.1. The summed E-state index contributed by atoms with van der Waals surface area (Å²) in [7, 11) is 0. The number of aliphatic hydroxyl groups is 11. The molecule has 19 heteroatoms. The maximum atomic E-state index is 13.3. The van der Waals surface area contributed by atoms with Crippen LogP contribution in [0.25, 0.3) is 0 Å². The van der Waals surface area contributed by atoms with Crippen molar-refractivity contribution in [2.75, 3.05) is 26.4 Å². The molecule has 0 aromatic carbocycles. The predicted molar refractivity (Wildman–Crippen MR) is 286 cm³/mol. The second kappa shape index (κ2) is 40.6. The molecule has 0 radical (unpaired) electrons. The Kier molecular flexibility index (Phi) is 36.2. The molecule has 19 nitrogen and oxygen atoms in total. The summed E-state index contributed by atoms with van der Waals surface area (Å²) in [5, 5.41) is 120. The molecule has 1 amide bonds. The first-order valence-corrected chi connectivity index (χ1v) is 28.5. The Morgan fingerprint density at radius 1 is 0.487 bits per heavy atom. The molecule has 0 spiro atoms. The van der Waals surface area contributed by atoms with Gasteiger partial charge in [0.1, 0.15) is 73.2 Å². The summed E-state index contributed by atoms with van der Waals surface area (Å²) in [4.78, 5) is 13.3. The highest BCUT2D eigenvalue weighted by molar-refractivity contribution is 5.76. The lowest BCUT2D eigenvalue weighted by Gasteiger charge is -2.48. The largest absolute Gasteiger partial charge is 0.394 e. The van der Waals surface area contributed by atoms with Gasteiger partial charge in [0.2, 0.25) is 5.91 Å². The molecule has 17 atom stereocenters. The Balaban J connectivity index is 1.49. The maximum absolute atomic E-state index is 13.3. The smallest absolute Gasteiger partial charge is 0.220 e. The topological polar surface area (TPSA) is 307 Å². The third kappa shape index (κ3) is 24.9. The second-order valence-corrected chi connectivity index (χ2v) is 20.4. The first kappa shape index (κ1) is 67.8. The Morgan fingerprint density at radius 3 is 1.42 bits per heavy atom. The highest BCUT2D eigenvalue weighted by Gasteiger charge is 2.53. The Labute approximate surface area is 452 Å². The Bertz CT molecular complexity index is 1630. The van der Waals surface area contributed by atoms with Crippen LogP contribution in [0.1, 0.15) is 162 Å². The van der Waals surface area contributed by atoms with Gasteiger partial charge in [-0.2, -0.15) is 0 Å². The molecule has 440 valence electrons. The van der Waals surface area contributed by atoms with Crippen molar-refractivity contribution < 1.29 is 89.4 Å². The van der Waals surface area contributed by atoms with E-state index in [1.165, 1.54) is 38.5 Å². The Morgan fingerprint density at radius 2 is 0.908 bits per heavy atom. The molecule has 3 aliphatic rings. The van der Waals surface area contributed by atoms with Gasteiger partial charge < -0.3 is 89.9 Å². The molecular weight excluding hydrogens is 987 g/mol. The van der Waals surface area contributed by atoms with Crippen LogP contribution >= 0.6 is 0 Å². The van der Waals surface area contributed by atoms with E-state index in [2.05, 4.69) is 79.9 Å². The van der Waals surface area contributed by atoms with E-state index in [0.717, 1.165) is 89.9 Å². The first-order chi connectivity index (χ1) is 36.8. The summed E-state index contributed by atoms with van der Waals surface area (Å²) in [6.07, 6.45) is 17.5. The number of rotatable bonds is 40. The summed E-state index contributed by atoms with van der Waals surface area (Å²) in [5.41, 5.74) is 0. The molecule has 0 aliphatic carbocycles. The zero-order chi connectivity index (χ0) is 55.5. The van der Waals surface area contributed by atoms with Gasteiger partial charge in [-0.1, -0.05) is 158 Å². The van der Waals surface area contributed by atoms with Crippen molar-refractivity contribution in [2.45, 2.75) is 266 Å². The van der Waals surface area contributed by atoms with Crippen molar-refractivity contribution in [3.63, 3.8) is 0 Å². The summed E-state index contributed by atoms with van der Waals surface area (Å²) in [5.74, 6) is -0.267. The van der Waals surface area contributed by atoms with Crippen LogP contribution in [0.3, 0.4) is 0 Å². The molecule has 76 heavy (non-hydrogen) atoms. The highest BCUT2D eigenvalue weighted by atomic mass is 16.8. The van der Waals surface area contributed by atoms with E-state index < -0.39 is 124 Å². The van der Waals surface area contributed by atoms with Gasteiger partial charge in [0.05, 0.1) is 38.6 Å². The molecule has 17 unspecified atom stereocenters. The van der Waals surface area contributed by atoms with Crippen LogP contribution in [0.2, 0.25) is 0 Å². The van der Waals surface area contributed by atoms with E-state index >= 15 is 0 Å². The number of carbonyl (C=O) groups is 1. The number of carbonyl (C=O) groups excluding carboxylic acids is 1. The fourth-order valence-electron chi connectivity index (χ4n) is 9.40. The van der Waals surface area contributed by atoms with Crippen LogP contribution in [-0.2, 0) is 33.2 Å². The quantitative estimate of drug-likeness (QED) is 0.0304. The lowest BCUT2D eigenvalue weighted by molar-refractivity contribution is -0.379.